The summed E-state index contributed by atoms with van der Waals surface area (Å²) in [6.45, 7) is 0. The van der Waals surface area contributed by atoms with Crippen molar-refractivity contribution in [3.8, 4) is 5.75 Å². The largest absolute Gasteiger partial charge is 0.497 e. The van der Waals surface area contributed by atoms with Crippen LogP contribution in [0, 0.1) is 5.92 Å². The Hall–Kier alpha value is -2.82. The van der Waals surface area contributed by atoms with Gasteiger partial charge in [-0.2, -0.15) is 0 Å². The number of hydrogen-bond acceptors (Lipinski definition) is 3. The van der Waals surface area contributed by atoms with Crippen LogP contribution in [-0.2, 0) is 11.2 Å². The van der Waals surface area contributed by atoms with E-state index in [4.69, 9.17) is 4.74 Å². The Balaban J connectivity index is 1.63. The molecule has 136 valence electrons. The molecule has 0 bridgehead atoms. The molecule has 1 atom stereocenters. The minimum absolute atomic E-state index is 0.00289. The third-order valence-corrected chi connectivity index (χ3v) is 4.75. The van der Waals surface area contributed by atoms with Gasteiger partial charge in [0, 0.05) is 6.42 Å². The molecule has 1 saturated carbocycles. The number of carboxylic acids is 1. The van der Waals surface area contributed by atoms with Crippen LogP contribution in [0.1, 0.15) is 46.8 Å². The number of ether oxygens (including phenoxy) is 1. The third kappa shape index (κ3) is 4.42. The number of hydrogen-bond donors (Lipinski definition) is 2. The maximum atomic E-state index is 12.5. The lowest BCUT2D eigenvalue weighted by Gasteiger charge is -2.19. The van der Waals surface area contributed by atoms with Crippen LogP contribution in [0.4, 0.5) is 0 Å². The van der Waals surface area contributed by atoms with Gasteiger partial charge in [-0.1, -0.05) is 30.3 Å². The molecule has 0 heterocycles. The predicted octanol–water partition coefficient (Wildman–Crippen LogP) is 3.59. The van der Waals surface area contributed by atoms with Gasteiger partial charge in [0.05, 0.1) is 18.7 Å². The van der Waals surface area contributed by atoms with E-state index in [0.717, 1.165) is 24.2 Å². The fourth-order valence-corrected chi connectivity index (χ4v) is 3.15. The smallest absolute Gasteiger partial charge is 0.335 e. The molecule has 1 unspecified atom stereocenters. The maximum Gasteiger partial charge on any atom is 0.335 e. The lowest BCUT2D eigenvalue weighted by atomic mass is 10.0. The summed E-state index contributed by atoms with van der Waals surface area (Å²) < 4.78 is 5.19. The Morgan fingerprint density at radius 2 is 1.85 bits per heavy atom. The maximum absolute atomic E-state index is 12.5. The first-order valence-corrected chi connectivity index (χ1v) is 8.83. The topological polar surface area (TPSA) is 75.6 Å². The second kappa shape index (κ2) is 8.04. The van der Waals surface area contributed by atoms with E-state index in [-0.39, 0.29) is 23.9 Å². The molecule has 1 aliphatic carbocycles. The summed E-state index contributed by atoms with van der Waals surface area (Å²) in [5.41, 5.74) is 2.02. The van der Waals surface area contributed by atoms with E-state index in [1.165, 1.54) is 0 Å². The monoisotopic (exact) mass is 353 g/mol. The van der Waals surface area contributed by atoms with E-state index in [1.807, 2.05) is 24.3 Å². The lowest BCUT2D eigenvalue weighted by molar-refractivity contribution is -0.122. The number of methoxy groups -OCH3 is 1. The average molecular weight is 353 g/mol. The number of benzene rings is 2. The van der Waals surface area contributed by atoms with Crippen molar-refractivity contribution < 1.29 is 19.4 Å². The number of rotatable bonds is 8. The quantitative estimate of drug-likeness (QED) is 0.760. The van der Waals surface area contributed by atoms with Crippen LogP contribution in [0.15, 0.2) is 48.5 Å². The van der Waals surface area contributed by atoms with Crippen molar-refractivity contribution in [3.63, 3.8) is 0 Å². The number of aryl methyl sites for hydroxylation is 1. The van der Waals surface area contributed by atoms with Crippen molar-refractivity contribution in [3.05, 3.63) is 65.2 Å². The van der Waals surface area contributed by atoms with Crippen LogP contribution >= 0.6 is 0 Å². The molecule has 2 aromatic carbocycles. The number of amides is 1. The van der Waals surface area contributed by atoms with Crippen molar-refractivity contribution in [2.45, 2.75) is 31.7 Å². The number of carboxylic acid groups (broad SMARTS) is 1. The molecule has 26 heavy (non-hydrogen) atoms. The molecule has 0 spiro atoms. The van der Waals surface area contributed by atoms with Crippen LogP contribution in [0.5, 0.6) is 5.75 Å². The van der Waals surface area contributed by atoms with E-state index < -0.39 is 5.97 Å². The first kappa shape index (κ1) is 18.0. The molecule has 2 aromatic rings. The number of aromatic carboxylic acids is 1. The minimum Gasteiger partial charge on any atom is -0.497 e. The molecule has 0 aromatic heterocycles. The van der Waals surface area contributed by atoms with Crippen molar-refractivity contribution in [1.29, 1.82) is 0 Å². The SMILES string of the molecule is COc1ccc(C(NC(=O)CCc2ccccc2C(=O)O)C2CC2)cc1. The van der Waals surface area contributed by atoms with Gasteiger partial charge in [-0.25, -0.2) is 4.79 Å². The molecule has 1 fully saturated rings. The van der Waals surface area contributed by atoms with Crippen molar-refractivity contribution in [2.24, 2.45) is 5.92 Å². The van der Waals surface area contributed by atoms with Crippen LogP contribution < -0.4 is 10.1 Å². The zero-order valence-electron chi connectivity index (χ0n) is 14.8. The van der Waals surface area contributed by atoms with Gasteiger partial charge in [-0.15, -0.1) is 0 Å². The molecule has 0 radical (unpaired) electrons. The zero-order chi connectivity index (χ0) is 18.5. The summed E-state index contributed by atoms with van der Waals surface area (Å²) in [6, 6.07) is 14.6. The van der Waals surface area contributed by atoms with Gasteiger partial charge in [0.25, 0.3) is 0 Å². The van der Waals surface area contributed by atoms with Gasteiger partial charge in [-0.05, 0) is 54.5 Å². The summed E-state index contributed by atoms with van der Waals surface area (Å²) in [5.74, 6) is 0.242. The van der Waals surface area contributed by atoms with E-state index >= 15 is 0 Å². The fourth-order valence-electron chi connectivity index (χ4n) is 3.15. The Labute approximate surface area is 153 Å². The number of nitrogens with one attached hydrogen (secondary N) is 1. The van der Waals surface area contributed by atoms with Gasteiger partial charge in [-0.3, -0.25) is 4.79 Å². The zero-order valence-corrected chi connectivity index (χ0v) is 14.8. The van der Waals surface area contributed by atoms with Gasteiger partial charge >= 0.3 is 5.97 Å². The normalized spacial score (nSPS) is 14.5. The summed E-state index contributed by atoms with van der Waals surface area (Å²) >= 11 is 0. The van der Waals surface area contributed by atoms with E-state index in [0.29, 0.717) is 17.9 Å². The molecule has 2 N–H and O–H groups in total. The predicted molar refractivity (Wildman–Crippen MR) is 98.3 cm³/mol. The standard InChI is InChI=1S/C21H23NO4/c1-26-17-11-8-16(9-12-17)20(15-6-7-15)22-19(23)13-10-14-4-2-3-5-18(14)21(24)25/h2-5,8-9,11-12,15,20H,6-7,10,13H2,1H3,(H,22,23)(H,24,25). The van der Waals surface area contributed by atoms with E-state index in [9.17, 15) is 14.7 Å². The Morgan fingerprint density at radius 1 is 1.15 bits per heavy atom. The molecular weight excluding hydrogens is 330 g/mol. The molecule has 1 aliphatic rings. The Bertz CT molecular complexity index is 781. The Kier molecular flexibility index (Phi) is 5.56. The van der Waals surface area contributed by atoms with Gasteiger partial charge in [0.15, 0.2) is 0 Å². The molecule has 0 saturated heterocycles. The Morgan fingerprint density at radius 3 is 2.46 bits per heavy atom. The van der Waals surface area contributed by atoms with Crippen molar-refractivity contribution in [1.82, 2.24) is 5.32 Å². The van der Waals surface area contributed by atoms with Gasteiger partial charge < -0.3 is 15.2 Å². The molecule has 1 amide bonds. The van der Waals surface area contributed by atoms with Crippen LogP contribution in [0.2, 0.25) is 0 Å². The second-order valence-corrected chi connectivity index (χ2v) is 6.62. The van der Waals surface area contributed by atoms with E-state index in [1.54, 1.807) is 31.4 Å². The highest BCUT2D eigenvalue weighted by Gasteiger charge is 2.33. The summed E-state index contributed by atoms with van der Waals surface area (Å²) in [5, 5.41) is 12.4. The summed E-state index contributed by atoms with van der Waals surface area (Å²) in [6.07, 6.45) is 2.90. The second-order valence-electron chi connectivity index (χ2n) is 6.62. The van der Waals surface area contributed by atoms with Crippen molar-refractivity contribution >= 4 is 11.9 Å². The van der Waals surface area contributed by atoms with Crippen molar-refractivity contribution in [2.75, 3.05) is 7.11 Å². The van der Waals surface area contributed by atoms with Gasteiger partial charge in [0.1, 0.15) is 5.75 Å². The lowest BCUT2D eigenvalue weighted by Crippen LogP contribution is -2.30. The molecule has 0 aliphatic heterocycles. The highest BCUT2D eigenvalue weighted by molar-refractivity contribution is 5.89. The fraction of sp³-hybridized carbons (Fsp3) is 0.333. The van der Waals surface area contributed by atoms with E-state index in [2.05, 4.69) is 5.32 Å². The third-order valence-electron chi connectivity index (χ3n) is 4.75. The number of carbonyl (C=O) groups excluding carboxylic acids is 1. The first-order chi connectivity index (χ1) is 12.6. The van der Waals surface area contributed by atoms with Crippen LogP contribution in [0.3, 0.4) is 0 Å². The summed E-state index contributed by atoms with van der Waals surface area (Å²) in [7, 11) is 1.63. The molecule has 5 heteroatoms. The van der Waals surface area contributed by atoms with Crippen LogP contribution in [-0.4, -0.2) is 24.1 Å². The average Bonchev–Trinajstić information content (AvgIpc) is 3.50. The number of carbonyl (C=O) groups is 2. The molecule has 3 rings (SSSR count). The van der Waals surface area contributed by atoms with Crippen LogP contribution in [0.25, 0.3) is 0 Å². The minimum atomic E-state index is -0.963. The highest BCUT2D eigenvalue weighted by atomic mass is 16.5. The summed E-state index contributed by atoms with van der Waals surface area (Å²) in [4.78, 5) is 23.7. The molecule has 5 nitrogen and oxygen atoms in total. The highest BCUT2D eigenvalue weighted by Crippen LogP contribution is 2.41. The molecular formula is C21H23NO4. The van der Waals surface area contributed by atoms with Gasteiger partial charge in [0.2, 0.25) is 5.91 Å². The first-order valence-electron chi connectivity index (χ1n) is 8.83.